The van der Waals surface area contributed by atoms with Crippen LogP contribution in [0, 0.1) is 0 Å². The van der Waals surface area contributed by atoms with Crippen LogP contribution < -0.4 is 14.8 Å². The Labute approximate surface area is 122 Å². The summed E-state index contributed by atoms with van der Waals surface area (Å²) in [6.45, 7) is 6.34. The zero-order valence-corrected chi connectivity index (χ0v) is 13.1. The number of hydrogen-bond donors (Lipinski definition) is 3. The predicted octanol–water partition coefficient (Wildman–Crippen LogP) is 1.22. The molecular weight excluding hydrogens is 304 g/mol. The first-order chi connectivity index (χ1) is 9.38. The molecule has 1 aromatic heterocycles. The van der Waals surface area contributed by atoms with Gasteiger partial charge in [-0.1, -0.05) is 6.92 Å². The van der Waals surface area contributed by atoms with Crippen molar-refractivity contribution < 1.29 is 17.9 Å². The smallest absolute Gasteiger partial charge is 0.422 e. The number of aromatic nitrogens is 1. The highest BCUT2D eigenvalue weighted by atomic mass is 32.2. The molecule has 0 aliphatic rings. The fourth-order valence-electron chi connectivity index (χ4n) is 1.35. The Morgan fingerprint density at radius 2 is 2.20 bits per heavy atom. The fourth-order valence-corrected chi connectivity index (χ4v) is 3.13. The van der Waals surface area contributed by atoms with E-state index in [1.54, 1.807) is 17.0 Å². The number of anilines is 1. The molecule has 0 aliphatic heterocycles. The molecule has 1 aromatic rings. The second kappa shape index (κ2) is 7.41. The van der Waals surface area contributed by atoms with Crippen LogP contribution in [0.5, 0.6) is 0 Å². The fraction of sp³-hybridized carbons (Fsp3) is 0.600. The van der Waals surface area contributed by atoms with Gasteiger partial charge in [0.15, 0.2) is 5.13 Å². The van der Waals surface area contributed by atoms with Crippen LogP contribution in [0.1, 0.15) is 32.5 Å². The van der Waals surface area contributed by atoms with Crippen molar-refractivity contribution in [1.82, 2.24) is 15.0 Å². The summed E-state index contributed by atoms with van der Waals surface area (Å²) in [6, 6.07) is 0.0209. The maximum absolute atomic E-state index is 11.6. The Morgan fingerprint density at radius 1 is 1.50 bits per heavy atom. The van der Waals surface area contributed by atoms with E-state index in [0.29, 0.717) is 0 Å². The highest BCUT2D eigenvalue weighted by molar-refractivity contribution is 7.91. The van der Waals surface area contributed by atoms with Crippen LogP contribution in [0.2, 0.25) is 0 Å². The van der Waals surface area contributed by atoms with Crippen molar-refractivity contribution in [3.05, 3.63) is 11.1 Å². The summed E-state index contributed by atoms with van der Waals surface area (Å²) in [5, 5.41) is 5.09. The van der Waals surface area contributed by atoms with E-state index in [1.165, 1.54) is 0 Å². The summed E-state index contributed by atoms with van der Waals surface area (Å²) in [5.74, 6) is 0. The van der Waals surface area contributed by atoms with Crippen LogP contribution in [-0.4, -0.2) is 32.6 Å². The normalized spacial score (nSPS) is 12.8. The second-order valence-corrected chi connectivity index (χ2v) is 6.06. The Balaban J connectivity index is 2.66. The summed E-state index contributed by atoms with van der Waals surface area (Å²) in [6.07, 6.45) is -1.03. The van der Waals surface area contributed by atoms with Crippen LogP contribution in [0.4, 0.5) is 9.93 Å². The van der Waals surface area contributed by atoms with Gasteiger partial charge in [-0.05, 0) is 20.4 Å². The number of rotatable bonds is 7. The monoisotopic (exact) mass is 322 g/mol. The van der Waals surface area contributed by atoms with Gasteiger partial charge in [-0.2, -0.15) is 8.42 Å². The molecule has 8 nitrogen and oxygen atoms in total. The minimum absolute atomic E-state index is 0.0209. The molecule has 0 bridgehead atoms. The summed E-state index contributed by atoms with van der Waals surface area (Å²) >= 11 is 1.14. The summed E-state index contributed by atoms with van der Waals surface area (Å²) in [7, 11) is -4.03. The van der Waals surface area contributed by atoms with Crippen LogP contribution in [0.3, 0.4) is 0 Å². The van der Waals surface area contributed by atoms with Crippen molar-refractivity contribution in [3.8, 4) is 0 Å². The third-order valence-electron chi connectivity index (χ3n) is 2.19. The van der Waals surface area contributed by atoms with Gasteiger partial charge in [-0.3, -0.25) is 0 Å². The van der Waals surface area contributed by atoms with Crippen LogP contribution >= 0.6 is 11.3 Å². The number of carbonyl (C=O) groups excluding carboxylic acids is 1. The zero-order chi connectivity index (χ0) is 15.2. The number of nitrogens with zero attached hydrogens (tertiary/aromatic N) is 1. The molecule has 0 saturated heterocycles. The quantitative estimate of drug-likeness (QED) is 0.696. The molecule has 1 rings (SSSR count). The topological polar surface area (TPSA) is 109 Å². The molecule has 0 radical (unpaired) electrons. The minimum Gasteiger partial charge on any atom is -0.449 e. The molecule has 114 valence electrons. The van der Waals surface area contributed by atoms with E-state index in [4.69, 9.17) is 0 Å². The Bertz CT molecular complexity index is 543. The van der Waals surface area contributed by atoms with Gasteiger partial charge in [0.1, 0.15) is 0 Å². The number of ether oxygens (including phenoxy) is 1. The molecule has 0 aliphatic carbocycles. The third-order valence-corrected chi connectivity index (χ3v) is 3.99. The van der Waals surface area contributed by atoms with E-state index in [9.17, 15) is 13.2 Å². The standard InChI is InChI=1S/C10H18N4O4S2/c1-4-11-7(3)8-6-19-9(12-8)13-20(16,17)14-10(15)18-5-2/h6-7,11H,4-5H2,1-3H3,(H,12,13)(H,14,15). The third kappa shape index (κ3) is 5.31. The first-order valence-corrected chi connectivity index (χ1v) is 8.40. The molecule has 0 saturated carbocycles. The Morgan fingerprint density at radius 3 is 2.80 bits per heavy atom. The van der Waals surface area contributed by atoms with E-state index in [2.05, 4.69) is 19.8 Å². The highest BCUT2D eigenvalue weighted by Crippen LogP contribution is 2.21. The van der Waals surface area contributed by atoms with Gasteiger partial charge in [-0.15, -0.1) is 11.3 Å². The van der Waals surface area contributed by atoms with Crippen molar-refractivity contribution >= 4 is 32.8 Å². The lowest BCUT2D eigenvalue weighted by Crippen LogP contribution is -2.35. The molecule has 10 heteroatoms. The predicted molar refractivity (Wildman–Crippen MR) is 76.9 cm³/mol. The molecule has 0 fully saturated rings. The summed E-state index contributed by atoms with van der Waals surface area (Å²) < 4.78 is 31.6. The van der Waals surface area contributed by atoms with Crippen molar-refractivity contribution in [2.45, 2.75) is 26.8 Å². The largest absolute Gasteiger partial charge is 0.449 e. The van der Waals surface area contributed by atoms with Gasteiger partial charge < -0.3 is 10.1 Å². The van der Waals surface area contributed by atoms with Gasteiger partial charge in [0.2, 0.25) is 0 Å². The lowest BCUT2D eigenvalue weighted by atomic mass is 10.3. The van der Waals surface area contributed by atoms with E-state index < -0.39 is 16.3 Å². The van der Waals surface area contributed by atoms with Gasteiger partial charge in [0.05, 0.1) is 12.3 Å². The first-order valence-electron chi connectivity index (χ1n) is 6.04. The number of carbonyl (C=O) groups is 1. The van der Waals surface area contributed by atoms with E-state index >= 15 is 0 Å². The average molecular weight is 322 g/mol. The van der Waals surface area contributed by atoms with E-state index in [0.717, 1.165) is 23.6 Å². The van der Waals surface area contributed by atoms with Gasteiger partial charge in [0.25, 0.3) is 0 Å². The van der Waals surface area contributed by atoms with Gasteiger partial charge in [0, 0.05) is 11.4 Å². The second-order valence-electron chi connectivity index (χ2n) is 3.78. The van der Waals surface area contributed by atoms with Gasteiger partial charge >= 0.3 is 16.3 Å². The first kappa shape index (κ1) is 16.7. The van der Waals surface area contributed by atoms with Crippen molar-refractivity contribution in [2.75, 3.05) is 17.9 Å². The number of amides is 1. The molecular formula is C10H18N4O4S2. The van der Waals surface area contributed by atoms with Crippen molar-refractivity contribution in [3.63, 3.8) is 0 Å². The lowest BCUT2D eigenvalue weighted by molar-refractivity contribution is 0.159. The number of thiazole rings is 1. The SMILES string of the molecule is CCNC(C)c1csc(NS(=O)(=O)NC(=O)OCC)n1. The molecule has 1 atom stereocenters. The molecule has 1 unspecified atom stereocenters. The maximum Gasteiger partial charge on any atom is 0.422 e. The van der Waals surface area contributed by atoms with Crippen LogP contribution in [0.25, 0.3) is 0 Å². The number of hydrogen-bond acceptors (Lipinski definition) is 7. The molecule has 3 N–H and O–H groups in total. The zero-order valence-electron chi connectivity index (χ0n) is 11.5. The van der Waals surface area contributed by atoms with Crippen LogP contribution in [0.15, 0.2) is 5.38 Å². The molecule has 0 spiro atoms. The maximum atomic E-state index is 11.6. The van der Waals surface area contributed by atoms with Crippen molar-refractivity contribution in [1.29, 1.82) is 0 Å². The average Bonchev–Trinajstić information content (AvgIpc) is 2.76. The minimum atomic E-state index is -4.03. The number of nitrogens with one attached hydrogen (secondary N) is 3. The Hall–Kier alpha value is -1.39. The van der Waals surface area contributed by atoms with Gasteiger partial charge in [-0.25, -0.2) is 19.2 Å². The molecule has 1 amide bonds. The van der Waals surface area contributed by atoms with E-state index in [1.807, 2.05) is 13.8 Å². The Kier molecular flexibility index (Phi) is 6.17. The molecule has 0 aromatic carbocycles. The van der Waals surface area contributed by atoms with Crippen molar-refractivity contribution in [2.24, 2.45) is 0 Å². The summed E-state index contributed by atoms with van der Waals surface area (Å²) in [4.78, 5) is 15.2. The molecule has 20 heavy (non-hydrogen) atoms. The van der Waals surface area contributed by atoms with Crippen LogP contribution in [-0.2, 0) is 14.9 Å². The van der Waals surface area contributed by atoms with E-state index in [-0.39, 0.29) is 17.8 Å². The highest BCUT2D eigenvalue weighted by Gasteiger charge is 2.17. The summed E-state index contributed by atoms with van der Waals surface area (Å²) in [5.41, 5.74) is 0.727. The molecule has 1 heterocycles. The lowest BCUT2D eigenvalue weighted by Gasteiger charge is -2.09.